The van der Waals surface area contributed by atoms with Crippen molar-refractivity contribution in [1.82, 2.24) is 0 Å². The van der Waals surface area contributed by atoms with Gasteiger partial charge in [-0.25, -0.2) is 9.59 Å². The first-order valence-corrected chi connectivity index (χ1v) is 11.1. The quantitative estimate of drug-likeness (QED) is 0.487. The van der Waals surface area contributed by atoms with Gasteiger partial charge in [-0.05, 0) is 50.2 Å². The predicted octanol–water partition coefficient (Wildman–Crippen LogP) is 4.08. The van der Waals surface area contributed by atoms with E-state index < -0.39 is 22.1 Å². The molecule has 0 aliphatic heterocycles. The molecule has 0 atom stereocenters. The summed E-state index contributed by atoms with van der Waals surface area (Å²) in [6.45, 7) is 3.97. The van der Waals surface area contributed by atoms with Gasteiger partial charge in [-0.15, -0.1) is 0 Å². The van der Waals surface area contributed by atoms with E-state index in [2.05, 4.69) is 4.18 Å². The van der Waals surface area contributed by atoms with Gasteiger partial charge < -0.3 is 18.8 Å². The van der Waals surface area contributed by atoms with Crippen LogP contribution in [0.15, 0.2) is 36.4 Å². The smallest absolute Gasteiger partial charge is 0.338 e. The summed E-state index contributed by atoms with van der Waals surface area (Å²) in [5.41, 5.74) is 0.572. The molecule has 2 rings (SSSR count). The standard InChI is InChI=1S/C10H11ClO5S.C9H9ClO3/c1-3-15-10(12)7-4-5-9(8(11)6-7)16-17(2,13)14;1-2-13-9(12)6-3-4-8(11)7(10)5-6/h4-6H,3H2,1-2H3;3-5,11H,2H2,1H3. The summed E-state index contributed by atoms with van der Waals surface area (Å²) in [7, 11) is -3.64. The second-order valence-corrected chi connectivity index (χ2v) is 7.93. The number of esters is 2. The Morgan fingerprint density at radius 1 is 0.900 bits per heavy atom. The number of ether oxygens (including phenoxy) is 2. The third-order valence-corrected chi connectivity index (χ3v) is 4.22. The monoisotopic (exact) mass is 478 g/mol. The fraction of sp³-hybridized carbons (Fsp3) is 0.263. The van der Waals surface area contributed by atoms with Crippen molar-refractivity contribution >= 4 is 45.3 Å². The number of hydrogen-bond donors (Lipinski definition) is 1. The molecule has 11 heteroatoms. The molecule has 0 aromatic heterocycles. The molecule has 2 aromatic rings. The van der Waals surface area contributed by atoms with Gasteiger partial charge in [-0.2, -0.15) is 8.42 Å². The van der Waals surface area contributed by atoms with Gasteiger partial charge in [0.15, 0.2) is 5.75 Å². The Bertz CT molecular complexity index is 1010. The molecule has 0 bridgehead atoms. The van der Waals surface area contributed by atoms with Crippen LogP contribution >= 0.6 is 23.2 Å². The molecule has 0 aliphatic carbocycles. The van der Waals surface area contributed by atoms with Gasteiger partial charge in [0.1, 0.15) is 5.75 Å². The topological polar surface area (TPSA) is 116 Å². The summed E-state index contributed by atoms with van der Waals surface area (Å²) in [6.07, 6.45) is 0.905. The lowest BCUT2D eigenvalue weighted by Crippen LogP contribution is -2.08. The molecule has 1 N–H and O–H groups in total. The van der Waals surface area contributed by atoms with Gasteiger partial charge in [-0.1, -0.05) is 23.2 Å². The number of phenolic OH excluding ortho intramolecular Hbond substituents is 1. The molecular formula is C19H20Cl2O8S. The molecule has 2 aromatic carbocycles. The second-order valence-electron chi connectivity index (χ2n) is 5.54. The van der Waals surface area contributed by atoms with E-state index in [1.807, 2.05) is 0 Å². The predicted molar refractivity (Wildman–Crippen MR) is 112 cm³/mol. The molecule has 0 saturated heterocycles. The summed E-state index contributed by atoms with van der Waals surface area (Å²) in [5, 5.41) is 9.24. The van der Waals surface area contributed by atoms with Crippen LogP contribution < -0.4 is 4.18 Å². The van der Waals surface area contributed by atoms with Crippen LogP contribution in [-0.4, -0.2) is 44.9 Å². The van der Waals surface area contributed by atoms with Crippen molar-refractivity contribution in [1.29, 1.82) is 0 Å². The van der Waals surface area contributed by atoms with Crippen molar-refractivity contribution in [3.8, 4) is 11.5 Å². The summed E-state index contributed by atoms with van der Waals surface area (Å²) in [6, 6.07) is 8.16. The van der Waals surface area contributed by atoms with Crippen LogP contribution in [0.25, 0.3) is 0 Å². The van der Waals surface area contributed by atoms with E-state index in [0.717, 1.165) is 6.26 Å². The minimum absolute atomic E-state index is 0.0257. The van der Waals surface area contributed by atoms with E-state index in [0.29, 0.717) is 12.2 Å². The van der Waals surface area contributed by atoms with Gasteiger partial charge in [0.2, 0.25) is 0 Å². The maximum Gasteiger partial charge on any atom is 0.338 e. The first-order valence-electron chi connectivity index (χ1n) is 8.50. The molecular weight excluding hydrogens is 459 g/mol. The number of aromatic hydroxyl groups is 1. The van der Waals surface area contributed by atoms with Gasteiger partial charge in [-0.3, -0.25) is 0 Å². The Balaban J connectivity index is 0.000000311. The van der Waals surface area contributed by atoms with Gasteiger partial charge in [0.25, 0.3) is 0 Å². The summed E-state index contributed by atoms with van der Waals surface area (Å²) in [4.78, 5) is 22.5. The average molecular weight is 479 g/mol. The van der Waals surface area contributed by atoms with Crippen molar-refractivity contribution in [3.63, 3.8) is 0 Å². The first kappa shape index (κ1) is 25.5. The van der Waals surface area contributed by atoms with Crippen LogP contribution in [0.1, 0.15) is 34.6 Å². The third-order valence-electron chi connectivity index (χ3n) is 3.14. The molecule has 0 aliphatic rings. The Kier molecular flexibility index (Phi) is 9.91. The van der Waals surface area contributed by atoms with E-state index in [9.17, 15) is 18.0 Å². The highest BCUT2D eigenvalue weighted by molar-refractivity contribution is 7.86. The van der Waals surface area contributed by atoms with E-state index in [1.54, 1.807) is 13.8 Å². The SMILES string of the molecule is CCOC(=O)c1ccc(O)c(Cl)c1.CCOC(=O)c1ccc(OS(C)(=O)=O)c(Cl)c1. The third kappa shape index (κ3) is 8.48. The molecule has 0 amide bonds. The highest BCUT2D eigenvalue weighted by atomic mass is 35.5. The highest BCUT2D eigenvalue weighted by Gasteiger charge is 2.13. The summed E-state index contributed by atoms with van der Waals surface area (Å²) >= 11 is 11.4. The lowest BCUT2D eigenvalue weighted by molar-refractivity contribution is 0.0516. The van der Waals surface area contributed by atoms with Crippen LogP contribution in [0, 0.1) is 0 Å². The van der Waals surface area contributed by atoms with E-state index in [1.165, 1.54) is 36.4 Å². The minimum atomic E-state index is -3.64. The largest absolute Gasteiger partial charge is 0.506 e. The van der Waals surface area contributed by atoms with Gasteiger partial charge >= 0.3 is 22.1 Å². The van der Waals surface area contributed by atoms with Gasteiger partial charge in [0, 0.05) is 0 Å². The summed E-state index contributed by atoms with van der Waals surface area (Å²) in [5.74, 6) is -1.04. The number of carbonyl (C=O) groups is 2. The minimum Gasteiger partial charge on any atom is -0.506 e. The van der Waals surface area contributed by atoms with E-state index in [-0.39, 0.29) is 33.7 Å². The summed E-state index contributed by atoms with van der Waals surface area (Å²) < 4.78 is 35.9. The number of benzene rings is 2. The number of hydrogen-bond acceptors (Lipinski definition) is 8. The molecule has 164 valence electrons. The van der Waals surface area contributed by atoms with Crippen molar-refractivity contribution in [2.24, 2.45) is 0 Å². The van der Waals surface area contributed by atoms with Gasteiger partial charge in [0.05, 0.1) is 40.6 Å². The van der Waals surface area contributed by atoms with Crippen LogP contribution in [0.5, 0.6) is 11.5 Å². The van der Waals surface area contributed by atoms with Crippen LogP contribution in [0.4, 0.5) is 0 Å². The molecule has 8 nitrogen and oxygen atoms in total. The van der Waals surface area contributed by atoms with Crippen molar-refractivity contribution < 1.29 is 36.8 Å². The maximum absolute atomic E-state index is 11.4. The second kappa shape index (κ2) is 11.6. The number of rotatable bonds is 6. The van der Waals surface area contributed by atoms with Crippen molar-refractivity contribution in [2.45, 2.75) is 13.8 Å². The van der Waals surface area contributed by atoms with Crippen molar-refractivity contribution in [2.75, 3.05) is 19.5 Å². The normalized spacial score (nSPS) is 10.4. The van der Waals surface area contributed by atoms with Crippen LogP contribution in [0.3, 0.4) is 0 Å². The number of phenols is 1. The number of halogens is 2. The Morgan fingerprint density at radius 3 is 1.77 bits per heavy atom. The molecule has 0 radical (unpaired) electrons. The van der Waals surface area contributed by atoms with Crippen LogP contribution in [-0.2, 0) is 19.6 Å². The van der Waals surface area contributed by atoms with Crippen molar-refractivity contribution in [3.05, 3.63) is 57.6 Å². The van der Waals surface area contributed by atoms with Crippen LogP contribution in [0.2, 0.25) is 10.0 Å². The van der Waals surface area contributed by atoms with E-state index in [4.69, 9.17) is 37.8 Å². The zero-order chi connectivity index (χ0) is 22.9. The Morgan fingerprint density at radius 2 is 1.37 bits per heavy atom. The molecule has 0 spiro atoms. The Labute approximate surface area is 184 Å². The molecule has 0 fully saturated rings. The highest BCUT2D eigenvalue weighted by Crippen LogP contribution is 2.27. The average Bonchev–Trinajstić information content (AvgIpc) is 2.65. The molecule has 0 unspecified atom stereocenters. The zero-order valence-corrected chi connectivity index (χ0v) is 18.7. The molecule has 30 heavy (non-hydrogen) atoms. The fourth-order valence-electron chi connectivity index (χ4n) is 1.92. The fourth-order valence-corrected chi connectivity index (χ4v) is 2.84. The Hall–Kier alpha value is -2.49. The zero-order valence-electron chi connectivity index (χ0n) is 16.3. The number of carbonyl (C=O) groups excluding carboxylic acids is 2. The van der Waals surface area contributed by atoms with E-state index >= 15 is 0 Å². The lowest BCUT2D eigenvalue weighted by Gasteiger charge is -2.06. The molecule has 0 saturated carbocycles. The first-order chi connectivity index (χ1) is 14.0. The maximum atomic E-state index is 11.4. The lowest BCUT2D eigenvalue weighted by atomic mass is 10.2. The molecule has 0 heterocycles.